The van der Waals surface area contributed by atoms with Gasteiger partial charge in [-0.1, -0.05) is 61.9 Å². The summed E-state index contributed by atoms with van der Waals surface area (Å²) in [5, 5.41) is 4.33. The Balaban J connectivity index is 1.96. The van der Waals surface area contributed by atoms with Crippen LogP contribution in [-0.2, 0) is 17.8 Å². The van der Waals surface area contributed by atoms with Crippen molar-refractivity contribution in [1.82, 2.24) is 14.9 Å². The van der Waals surface area contributed by atoms with Crippen molar-refractivity contribution in [3.05, 3.63) is 56.2 Å². The largest absolute Gasteiger partial charge is 0.353 e. The number of amides is 1. The molecule has 2 heterocycles. The van der Waals surface area contributed by atoms with E-state index in [-0.39, 0.29) is 23.3 Å². The van der Waals surface area contributed by atoms with Crippen LogP contribution in [0.3, 0.4) is 0 Å². The first-order valence-corrected chi connectivity index (χ1v) is 12.6. The van der Waals surface area contributed by atoms with Crippen LogP contribution in [0.25, 0.3) is 10.2 Å². The maximum atomic E-state index is 13.5. The number of nitrogens with zero attached hydrogens (tertiary/aromatic N) is 2. The molecule has 1 N–H and O–H groups in total. The van der Waals surface area contributed by atoms with E-state index in [1.165, 1.54) is 22.2 Å². The molecular formula is C24H31N3O2S2. The lowest BCUT2D eigenvalue weighted by molar-refractivity contribution is -0.119. The second-order valence-electron chi connectivity index (χ2n) is 8.00. The first-order chi connectivity index (χ1) is 14.8. The van der Waals surface area contributed by atoms with Crippen molar-refractivity contribution in [3.63, 3.8) is 0 Å². The summed E-state index contributed by atoms with van der Waals surface area (Å²) >= 11 is 2.92. The number of hydrogen-bond donors (Lipinski definition) is 1. The number of carbonyl (C=O) groups is 1. The monoisotopic (exact) mass is 457 g/mol. The molecule has 0 fully saturated rings. The molecule has 0 spiro atoms. The summed E-state index contributed by atoms with van der Waals surface area (Å²) < 4.78 is 1.72. The summed E-state index contributed by atoms with van der Waals surface area (Å²) in [5.41, 5.74) is 3.22. The van der Waals surface area contributed by atoms with E-state index in [4.69, 9.17) is 4.98 Å². The van der Waals surface area contributed by atoms with Crippen LogP contribution >= 0.6 is 23.1 Å². The Kier molecular flexibility index (Phi) is 7.94. The SMILES string of the molecule is CCC[C@@H](C)NC(=O)CSc1nc2sc(CC)c(C)c2c(=O)n1Cc1ccc(C)cc1. The van der Waals surface area contributed by atoms with Gasteiger partial charge in [-0.25, -0.2) is 4.98 Å². The highest BCUT2D eigenvalue weighted by Gasteiger charge is 2.19. The van der Waals surface area contributed by atoms with Gasteiger partial charge < -0.3 is 5.32 Å². The van der Waals surface area contributed by atoms with E-state index in [1.54, 1.807) is 15.9 Å². The lowest BCUT2D eigenvalue weighted by Crippen LogP contribution is -2.34. The molecule has 31 heavy (non-hydrogen) atoms. The number of rotatable bonds is 9. The van der Waals surface area contributed by atoms with Crippen LogP contribution in [0.15, 0.2) is 34.2 Å². The predicted molar refractivity (Wildman–Crippen MR) is 132 cm³/mol. The molecule has 0 radical (unpaired) electrons. The number of aromatic nitrogens is 2. The fourth-order valence-electron chi connectivity index (χ4n) is 3.66. The second kappa shape index (κ2) is 10.5. The van der Waals surface area contributed by atoms with Crippen LogP contribution in [0.1, 0.15) is 55.2 Å². The first kappa shape index (κ1) is 23.5. The van der Waals surface area contributed by atoms with Crippen molar-refractivity contribution < 1.29 is 4.79 Å². The zero-order chi connectivity index (χ0) is 22.5. The minimum Gasteiger partial charge on any atom is -0.353 e. The summed E-state index contributed by atoms with van der Waals surface area (Å²) in [7, 11) is 0. The molecule has 7 heteroatoms. The average molecular weight is 458 g/mol. The highest BCUT2D eigenvalue weighted by molar-refractivity contribution is 7.99. The summed E-state index contributed by atoms with van der Waals surface area (Å²) in [6, 6.07) is 8.32. The molecule has 1 amide bonds. The van der Waals surface area contributed by atoms with Crippen molar-refractivity contribution in [2.75, 3.05) is 5.75 Å². The van der Waals surface area contributed by atoms with Gasteiger partial charge in [0.05, 0.1) is 17.7 Å². The van der Waals surface area contributed by atoms with Gasteiger partial charge in [0.15, 0.2) is 5.16 Å². The smallest absolute Gasteiger partial charge is 0.263 e. The van der Waals surface area contributed by atoms with Crippen LogP contribution in [0, 0.1) is 13.8 Å². The summed E-state index contributed by atoms with van der Waals surface area (Å²) in [6.45, 7) is 10.7. The summed E-state index contributed by atoms with van der Waals surface area (Å²) in [5.74, 6) is 0.212. The molecule has 0 saturated carbocycles. The van der Waals surface area contributed by atoms with Crippen molar-refractivity contribution in [3.8, 4) is 0 Å². The molecular weight excluding hydrogens is 426 g/mol. The van der Waals surface area contributed by atoms with Crippen LogP contribution in [0.2, 0.25) is 0 Å². The van der Waals surface area contributed by atoms with Crippen LogP contribution in [-0.4, -0.2) is 27.3 Å². The van der Waals surface area contributed by atoms with E-state index in [0.29, 0.717) is 17.1 Å². The van der Waals surface area contributed by atoms with Gasteiger partial charge in [-0.2, -0.15) is 0 Å². The highest BCUT2D eigenvalue weighted by atomic mass is 32.2. The maximum Gasteiger partial charge on any atom is 0.263 e. The number of thioether (sulfide) groups is 1. The number of thiophene rings is 1. The van der Waals surface area contributed by atoms with E-state index in [9.17, 15) is 9.59 Å². The standard InChI is InChI=1S/C24H31N3O2S2/c1-6-8-16(4)25-20(28)14-30-24-26-22-21(17(5)19(7-2)31-22)23(29)27(24)13-18-11-9-15(3)10-12-18/h9-12,16H,6-8,13-14H2,1-5H3,(H,25,28)/t16-/m1/s1. The Bertz CT molecular complexity index is 1120. The Morgan fingerprint density at radius 1 is 1.23 bits per heavy atom. The van der Waals surface area contributed by atoms with E-state index < -0.39 is 0 Å². The molecule has 0 unspecified atom stereocenters. The quantitative estimate of drug-likeness (QED) is 0.359. The number of fused-ring (bicyclic) bond motifs is 1. The Morgan fingerprint density at radius 2 is 1.94 bits per heavy atom. The minimum atomic E-state index is -0.0289. The van der Waals surface area contributed by atoms with Gasteiger partial charge in [0.25, 0.3) is 5.56 Å². The second-order valence-corrected chi connectivity index (χ2v) is 10.0. The van der Waals surface area contributed by atoms with Crippen molar-refractivity contribution in [2.24, 2.45) is 0 Å². The van der Waals surface area contributed by atoms with Crippen LogP contribution < -0.4 is 10.9 Å². The number of benzene rings is 1. The third kappa shape index (κ3) is 5.57. The van der Waals surface area contributed by atoms with E-state index in [1.807, 2.05) is 45.0 Å². The van der Waals surface area contributed by atoms with Gasteiger partial charge in [0, 0.05) is 10.9 Å². The average Bonchev–Trinajstić information content (AvgIpc) is 3.06. The van der Waals surface area contributed by atoms with E-state index in [0.717, 1.165) is 35.2 Å². The molecule has 2 aromatic heterocycles. The lowest BCUT2D eigenvalue weighted by Gasteiger charge is -2.14. The fraction of sp³-hybridized carbons (Fsp3) is 0.458. The lowest BCUT2D eigenvalue weighted by atomic mass is 10.1. The van der Waals surface area contributed by atoms with Gasteiger partial charge >= 0.3 is 0 Å². The molecule has 0 aliphatic heterocycles. The van der Waals surface area contributed by atoms with Crippen molar-refractivity contribution in [2.45, 2.75) is 71.6 Å². The zero-order valence-electron chi connectivity index (χ0n) is 18.9. The summed E-state index contributed by atoms with van der Waals surface area (Å²) in [6.07, 6.45) is 2.86. The fourth-order valence-corrected chi connectivity index (χ4v) is 5.63. The first-order valence-electron chi connectivity index (χ1n) is 10.8. The third-order valence-corrected chi connectivity index (χ3v) is 7.66. The zero-order valence-corrected chi connectivity index (χ0v) is 20.6. The normalized spacial score (nSPS) is 12.3. The molecule has 0 bridgehead atoms. The van der Waals surface area contributed by atoms with Crippen molar-refractivity contribution >= 4 is 39.2 Å². The Morgan fingerprint density at radius 3 is 2.58 bits per heavy atom. The van der Waals surface area contributed by atoms with Gasteiger partial charge in [-0.3, -0.25) is 14.2 Å². The molecule has 5 nitrogen and oxygen atoms in total. The molecule has 166 valence electrons. The number of hydrogen-bond acceptors (Lipinski definition) is 5. The van der Waals surface area contributed by atoms with Crippen LogP contribution in [0.4, 0.5) is 0 Å². The van der Waals surface area contributed by atoms with Crippen molar-refractivity contribution in [1.29, 1.82) is 0 Å². The Labute approximate surface area is 192 Å². The topological polar surface area (TPSA) is 64.0 Å². The predicted octanol–water partition coefficient (Wildman–Crippen LogP) is 5.08. The van der Waals surface area contributed by atoms with Crippen LogP contribution in [0.5, 0.6) is 0 Å². The molecule has 1 atom stereocenters. The summed E-state index contributed by atoms with van der Waals surface area (Å²) in [4.78, 5) is 32.7. The highest BCUT2D eigenvalue weighted by Crippen LogP contribution is 2.29. The number of carbonyl (C=O) groups excluding carboxylic acids is 1. The van der Waals surface area contributed by atoms with Gasteiger partial charge in [0.2, 0.25) is 5.91 Å². The molecule has 1 aromatic carbocycles. The molecule has 3 aromatic rings. The van der Waals surface area contributed by atoms with Gasteiger partial charge in [-0.05, 0) is 44.7 Å². The molecule has 3 rings (SSSR count). The molecule has 0 aliphatic rings. The van der Waals surface area contributed by atoms with Gasteiger partial charge in [-0.15, -0.1) is 11.3 Å². The Hall–Kier alpha value is -2.12. The molecule has 0 saturated heterocycles. The third-order valence-electron chi connectivity index (χ3n) is 5.36. The van der Waals surface area contributed by atoms with E-state index >= 15 is 0 Å². The number of nitrogens with one attached hydrogen (secondary N) is 1. The van der Waals surface area contributed by atoms with E-state index in [2.05, 4.69) is 19.2 Å². The number of aryl methyl sites for hydroxylation is 3. The molecule has 0 aliphatic carbocycles. The van der Waals surface area contributed by atoms with Gasteiger partial charge in [0.1, 0.15) is 4.83 Å². The maximum absolute atomic E-state index is 13.5. The minimum absolute atomic E-state index is 0.0266.